The summed E-state index contributed by atoms with van der Waals surface area (Å²) in [4.78, 5) is 33.7. The molecule has 16 heavy (non-hydrogen) atoms. The minimum Gasteiger partial charge on any atom is -0.449 e. The Bertz CT molecular complexity index is 305. The van der Waals surface area contributed by atoms with Gasteiger partial charge >= 0.3 is 5.97 Å². The fourth-order valence-corrected chi connectivity index (χ4v) is 2.05. The van der Waals surface area contributed by atoms with Crippen LogP contribution in [0.5, 0.6) is 0 Å². The maximum absolute atomic E-state index is 11.9. The zero-order valence-electron chi connectivity index (χ0n) is 9.67. The van der Waals surface area contributed by atoms with E-state index in [1.807, 2.05) is 0 Å². The van der Waals surface area contributed by atoms with Crippen molar-refractivity contribution in [3.63, 3.8) is 0 Å². The molecular formula is C11H17NO4. The zero-order chi connectivity index (χ0) is 12.2. The summed E-state index contributed by atoms with van der Waals surface area (Å²) in [5.41, 5.74) is -1.13. The second-order valence-corrected chi connectivity index (χ2v) is 4.16. The molecule has 1 fully saturated rings. The van der Waals surface area contributed by atoms with E-state index in [2.05, 4.69) is 5.32 Å². The number of carbonyl (C=O) groups excluding carboxylic acids is 3. The van der Waals surface area contributed by atoms with E-state index in [4.69, 9.17) is 4.74 Å². The number of hydrogen-bond acceptors (Lipinski definition) is 4. The lowest BCUT2D eigenvalue weighted by Gasteiger charge is -2.34. The van der Waals surface area contributed by atoms with E-state index in [1.165, 1.54) is 13.8 Å². The highest BCUT2D eigenvalue weighted by molar-refractivity contribution is 5.99. The normalized spacial score (nSPS) is 18.6. The van der Waals surface area contributed by atoms with E-state index in [1.54, 1.807) is 0 Å². The first-order valence-corrected chi connectivity index (χ1v) is 5.48. The van der Waals surface area contributed by atoms with E-state index >= 15 is 0 Å². The summed E-state index contributed by atoms with van der Waals surface area (Å²) in [6, 6.07) is 0. The predicted octanol–water partition coefficient (Wildman–Crippen LogP) is 0.915. The van der Waals surface area contributed by atoms with Gasteiger partial charge < -0.3 is 4.74 Å². The van der Waals surface area contributed by atoms with Crippen molar-refractivity contribution in [3.05, 3.63) is 0 Å². The quantitative estimate of drug-likeness (QED) is 0.712. The first kappa shape index (κ1) is 12.7. The number of carbonyl (C=O) groups is 3. The molecule has 0 aliphatic heterocycles. The van der Waals surface area contributed by atoms with Gasteiger partial charge in [0, 0.05) is 13.8 Å². The molecular weight excluding hydrogens is 210 g/mol. The van der Waals surface area contributed by atoms with Gasteiger partial charge in [-0.15, -0.1) is 0 Å². The lowest BCUT2D eigenvalue weighted by Crippen LogP contribution is -2.52. The van der Waals surface area contributed by atoms with Gasteiger partial charge in [0.1, 0.15) is 0 Å². The van der Waals surface area contributed by atoms with Crippen LogP contribution in [0.3, 0.4) is 0 Å². The predicted molar refractivity (Wildman–Crippen MR) is 56.4 cm³/mol. The summed E-state index contributed by atoms with van der Waals surface area (Å²) >= 11 is 0. The monoisotopic (exact) mass is 227 g/mol. The number of ether oxygens (including phenoxy) is 1. The van der Waals surface area contributed by atoms with Gasteiger partial charge in [-0.2, -0.15) is 0 Å². The molecule has 5 heteroatoms. The fourth-order valence-electron chi connectivity index (χ4n) is 2.05. The lowest BCUT2D eigenvalue weighted by molar-refractivity contribution is -0.171. The van der Waals surface area contributed by atoms with Gasteiger partial charge in [0.15, 0.2) is 5.60 Å². The summed E-state index contributed by atoms with van der Waals surface area (Å²) in [6.07, 6.45) is 3.67. The molecule has 0 atom stereocenters. The largest absolute Gasteiger partial charge is 0.449 e. The Morgan fingerprint density at radius 1 is 1.06 bits per heavy atom. The topological polar surface area (TPSA) is 72.5 Å². The van der Waals surface area contributed by atoms with Crippen LogP contribution in [0.4, 0.5) is 0 Å². The van der Waals surface area contributed by atoms with Crippen LogP contribution in [0.2, 0.25) is 0 Å². The Morgan fingerprint density at radius 2 is 1.62 bits per heavy atom. The molecule has 0 aromatic carbocycles. The molecule has 0 aromatic heterocycles. The van der Waals surface area contributed by atoms with E-state index < -0.39 is 23.4 Å². The molecule has 0 heterocycles. The number of nitrogens with one attached hydrogen (secondary N) is 1. The van der Waals surface area contributed by atoms with Crippen molar-refractivity contribution in [3.8, 4) is 0 Å². The summed E-state index contributed by atoms with van der Waals surface area (Å²) in [5.74, 6) is -1.40. The maximum Gasteiger partial charge on any atom is 0.303 e. The number of amides is 2. The molecule has 0 unspecified atom stereocenters. The molecule has 1 rings (SSSR count). The fraction of sp³-hybridized carbons (Fsp3) is 0.727. The van der Waals surface area contributed by atoms with Gasteiger partial charge in [0.25, 0.3) is 5.91 Å². The summed E-state index contributed by atoms with van der Waals surface area (Å²) in [6.45, 7) is 2.54. The van der Waals surface area contributed by atoms with Crippen LogP contribution in [-0.4, -0.2) is 23.4 Å². The van der Waals surface area contributed by atoms with Crippen LogP contribution in [0, 0.1) is 0 Å². The van der Waals surface area contributed by atoms with Gasteiger partial charge in [-0.05, 0) is 25.7 Å². The summed E-state index contributed by atoms with van der Waals surface area (Å²) < 4.78 is 5.14. The molecule has 0 aromatic rings. The van der Waals surface area contributed by atoms with Crippen LogP contribution in [0.25, 0.3) is 0 Å². The Balaban J connectivity index is 2.80. The molecule has 1 aliphatic carbocycles. The molecule has 0 spiro atoms. The van der Waals surface area contributed by atoms with Crippen LogP contribution in [-0.2, 0) is 19.1 Å². The number of rotatable bonds is 2. The van der Waals surface area contributed by atoms with Crippen molar-refractivity contribution in [1.29, 1.82) is 0 Å². The Kier molecular flexibility index (Phi) is 4.04. The third-order valence-corrected chi connectivity index (χ3v) is 2.70. The van der Waals surface area contributed by atoms with E-state index in [-0.39, 0.29) is 0 Å². The van der Waals surface area contributed by atoms with E-state index in [0.29, 0.717) is 12.8 Å². The number of hydrogen-bond donors (Lipinski definition) is 1. The number of imide groups is 1. The van der Waals surface area contributed by atoms with Gasteiger partial charge in [0.2, 0.25) is 5.91 Å². The minimum atomic E-state index is -1.13. The zero-order valence-corrected chi connectivity index (χ0v) is 9.67. The van der Waals surface area contributed by atoms with Crippen molar-refractivity contribution in [2.45, 2.75) is 51.6 Å². The molecule has 1 aliphatic rings. The highest BCUT2D eigenvalue weighted by Crippen LogP contribution is 2.32. The first-order valence-electron chi connectivity index (χ1n) is 5.48. The molecule has 1 saturated carbocycles. The third-order valence-electron chi connectivity index (χ3n) is 2.70. The van der Waals surface area contributed by atoms with E-state index in [0.717, 1.165) is 19.3 Å². The van der Waals surface area contributed by atoms with Crippen LogP contribution >= 0.6 is 0 Å². The minimum absolute atomic E-state index is 0.429. The highest BCUT2D eigenvalue weighted by Gasteiger charge is 2.43. The summed E-state index contributed by atoms with van der Waals surface area (Å²) in [7, 11) is 0. The molecule has 0 saturated heterocycles. The lowest BCUT2D eigenvalue weighted by atomic mass is 9.84. The molecule has 0 radical (unpaired) electrons. The molecule has 0 bridgehead atoms. The third kappa shape index (κ3) is 3.05. The molecule has 5 nitrogen and oxygen atoms in total. The number of esters is 1. The van der Waals surface area contributed by atoms with Gasteiger partial charge in [-0.3, -0.25) is 19.7 Å². The first-order chi connectivity index (χ1) is 7.46. The average molecular weight is 227 g/mol. The second-order valence-electron chi connectivity index (χ2n) is 4.16. The molecule has 2 amide bonds. The highest BCUT2D eigenvalue weighted by atomic mass is 16.6. The standard InChI is InChI=1S/C11H17NO4/c1-8(13)12-10(15)11(16-9(2)14)6-4-3-5-7-11/h3-7H2,1-2H3,(H,12,13,15). The Morgan fingerprint density at radius 3 is 2.06 bits per heavy atom. The SMILES string of the molecule is CC(=O)NC(=O)C1(OC(C)=O)CCCCC1. The maximum atomic E-state index is 11.9. The Labute approximate surface area is 94.5 Å². The van der Waals surface area contributed by atoms with Crippen molar-refractivity contribution in [2.75, 3.05) is 0 Å². The van der Waals surface area contributed by atoms with E-state index in [9.17, 15) is 14.4 Å². The smallest absolute Gasteiger partial charge is 0.303 e. The van der Waals surface area contributed by atoms with Gasteiger partial charge in [0.05, 0.1) is 0 Å². The van der Waals surface area contributed by atoms with Crippen molar-refractivity contribution in [1.82, 2.24) is 5.32 Å². The van der Waals surface area contributed by atoms with Crippen molar-refractivity contribution < 1.29 is 19.1 Å². The Hall–Kier alpha value is -1.39. The van der Waals surface area contributed by atoms with Gasteiger partial charge in [-0.25, -0.2) is 0 Å². The van der Waals surface area contributed by atoms with Crippen molar-refractivity contribution >= 4 is 17.8 Å². The van der Waals surface area contributed by atoms with Crippen molar-refractivity contribution in [2.24, 2.45) is 0 Å². The molecule has 90 valence electrons. The van der Waals surface area contributed by atoms with Crippen LogP contribution < -0.4 is 5.32 Å². The van der Waals surface area contributed by atoms with Gasteiger partial charge in [-0.1, -0.05) is 6.42 Å². The second kappa shape index (κ2) is 5.09. The van der Waals surface area contributed by atoms with Crippen LogP contribution in [0.1, 0.15) is 46.0 Å². The molecule has 1 N–H and O–H groups in total. The van der Waals surface area contributed by atoms with Crippen LogP contribution in [0.15, 0.2) is 0 Å². The summed E-state index contributed by atoms with van der Waals surface area (Å²) in [5, 5.41) is 2.20. The average Bonchev–Trinajstić information content (AvgIpc) is 2.16.